The first-order chi connectivity index (χ1) is 12.1. The average molecular weight is 380 g/mol. The number of benzene rings is 2. The van der Waals surface area contributed by atoms with Crippen LogP contribution in [0.5, 0.6) is 0 Å². The second kappa shape index (κ2) is 8.03. The fourth-order valence-corrected chi connectivity index (χ4v) is 3.29. The van der Waals surface area contributed by atoms with Gasteiger partial charge in [-0.25, -0.2) is 8.42 Å². The highest BCUT2D eigenvalue weighted by Gasteiger charge is 2.32. The molecule has 0 fully saturated rings. The molecule has 1 atom stereocenters. The fourth-order valence-electron chi connectivity index (χ4n) is 2.33. The summed E-state index contributed by atoms with van der Waals surface area (Å²) in [5.74, 6) is -1.05. The summed E-state index contributed by atoms with van der Waals surface area (Å²) < 4.78 is 26.8. The van der Waals surface area contributed by atoms with Crippen molar-refractivity contribution in [1.82, 2.24) is 5.32 Å². The lowest BCUT2D eigenvalue weighted by atomic mass is 9.87. The number of hydrogen-bond donors (Lipinski definition) is 4. The fraction of sp³-hybridized carbons (Fsp3) is 0.389. The second-order valence-corrected chi connectivity index (χ2v) is 8.66. The molecule has 7 nitrogen and oxygen atoms in total. The number of nitrogens with one attached hydrogen (secondary N) is 2. The van der Waals surface area contributed by atoms with Crippen LogP contribution < -0.4 is 10.0 Å². The number of anilines is 1. The van der Waals surface area contributed by atoms with Crippen LogP contribution in [0.25, 0.3) is 10.8 Å². The molecule has 2 rings (SSSR count). The van der Waals surface area contributed by atoms with Crippen LogP contribution in [0.1, 0.15) is 13.8 Å². The smallest absolute Gasteiger partial charge is 0.249 e. The van der Waals surface area contributed by atoms with Crippen molar-refractivity contribution >= 4 is 32.4 Å². The first-order valence-electron chi connectivity index (χ1n) is 8.20. The van der Waals surface area contributed by atoms with E-state index >= 15 is 0 Å². The quantitative estimate of drug-likeness (QED) is 0.547. The van der Waals surface area contributed by atoms with Gasteiger partial charge in [0, 0.05) is 17.6 Å². The minimum Gasteiger partial charge on any atom is -0.396 e. The third-order valence-corrected chi connectivity index (χ3v) is 5.38. The summed E-state index contributed by atoms with van der Waals surface area (Å²) in [7, 11) is -3.66. The van der Waals surface area contributed by atoms with Crippen molar-refractivity contribution in [3.05, 3.63) is 42.5 Å². The van der Waals surface area contributed by atoms with E-state index in [0.717, 1.165) is 10.8 Å². The molecule has 0 aliphatic rings. The van der Waals surface area contributed by atoms with Gasteiger partial charge in [-0.15, -0.1) is 0 Å². The lowest BCUT2D eigenvalue weighted by Gasteiger charge is -2.27. The van der Waals surface area contributed by atoms with Crippen molar-refractivity contribution in [3.8, 4) is 0 Å². The van der Waals surface area contributed by atoms with E-state index < -0.39 is 27.4 Å². The van der Waals surface area contributed by atoms with E-state index in [4.69, 9.17) is 5.11 Å². The van der Waals surface area contributed by atoms with E-state index in [2.05, 4.69) is 10.0 Å². The van der Waals surface area contributed by atoms with Crippen molar-refractivity contribution in [3.63, 3.8) is 0 Å². The number of rotatable bonds is 8. The van der Waals surface area contributed by atoms with Gasteiger partial charge in [-0.05, 0) is 22.9 Å². The minimum atomic E-state index is -3.66. The zero-order chi connectivity index (χ0) is 19.4. The Bertz CT molecular complexity index is 880. The molecule has 0 bridgehead atoms. The zero-order valence-corrected chi connectivity index (χ0v) is 15.6. The van der Waals surface area contributed by atoms with Crippen LogP contribution in [-0.4, -0.2) is 49.5 Å². The van der Waals surface area contributed by atoms with Gasteiger partial charge in [-0.3, -0.25) is 9.52 Å². The molecule has 26 heavy (non-hydrogen) atoms. The van der Waals surface area contributed by atoms with Gasteiger partial charge in [0.05, 0.1) is 12.4 Å². The molecule has 0 spiro atoms. The third kappa shape index (κ3) is 5.17. The van der Waals surface area contributed by atoms with Crippen LogP contribution in [-0.2, 0) is 14.8 Å². The highest BCUT2D eigenvalue weighted by atomic mass is 32.2. The molecule has 0 saturated heterocycles. The molecule has 0 radical (unpaired) electrons. The second-order valence-electron chi connectivity index (χ2n) is 6.82. The number of sulfonamides is 1. The lowest BCUT2D eigenvalue weighted by molar-refractivity contribution is -0.136. The molecule has 4 N–H and O–H groups in total. The van der Waals surface area contributed by atoms with Gasteiger partial charge in [0.2, 0.25) is 15.9 Å². The van der Waals surface area contributed by atoms with Crippen molar-refractivity contribution in [2.24, 2.45) is 5.41 Å². The monoisotopic (exact) mass is 380 g/mol. The van der Waals surface area contributed by atoms with Crippen LogP contribution in [0.3, 0.4) is 0 Å². The Labute approximate surface area is 153 Å². The predicted octanol–water partition coefficient (Wildman–Crippen LogP) is 1.08. The maximum absolute atomic E-state index is 12.2. The predicted molar refractivity (Wildman–Crippen MR) is 101 cm³/mol. The van der Waals surface area contributed by atoms with Crippen LogP contribution in [0.2, 0.25) is 0 Å². The molecule has 0 aromatic heterocycles. The van der Waals surface area contributed by atoms with Gasteiger partial charge in [-0.2, -0.15) is 0 Å². The van der Waals surface area contributed by atoms with Crippen LogP contribution in [0, 0.1) is 5.41 Å². The molecule has 8 heteroatoms. The molecule has 0 unspecified atom stereocenters. The van der Waals surface area contributed by atoms with Gasteiger partial charge >= 0.3 is 0 Å². The van der Waals surface area contributed by atoms with Crippen molar-refractivity contribution in [1.29, 1.82) is 0 Å². The molecule has 0 aliphatic carbocycles. The topological polar surface area (TPSA) is 116 Å². The molecule has 0 aliphatic heterocycles. The molecular formula is C18H24N2O5S. The van der Waals surface area contributed by atoms with E-state index in [9.17, 15) is 18.3 Å². The van der Waals surface area contributed by atoms with Gasteiger partial charge in [0.25, 0.3) is 0 Å². The summed E-state index contributed by atoms with van der Waals surface area (Å²) >= 11 is 0. The normalized spacial score (nSPS) is 13.4. The van der Waals surface area contributed by atoms with Gasteiger partial charge in [-0.1, -0.05) is 44.2 Å². The zero-order valence-electron chi connectivity index (χ0n) is 14.8. The van der Waals surface area contributed by atoms with E-state index in [0.29, 0.717) is 5.69 Å². The summed E-state index contributed by atoms with van der Waals surface area (Å²) in [5.41, 5.74) is -0.566. The van der Waals surface area contributed by atoms with Crippen LogP contribution in [0.4, 0.5) is 5.69 Å². The largest absolute Gasteiger partial charge is 0.396 e. The first-order valence-corrected chi connectivity index (χ1v) is 9.86. The summed E-state index contributed by atoms with van der Waals surface area (Å²) in [6.45, 7) is 2.55. The number of hydrogen-bond acceptors (Lipinski definition) is 5. The summed E-state index contributed by atoms with van der Waals surface area (Å²) in [4.78, 5) is 11.9. The van der Waals surface area contributed by atoms with Crippen molar-refractivity contribution in [2.75, 3.05) is 23.6 Å². The molecule has 142 valence electrons. The Balaban J connectivity index is 1.93. The van der Waals surface area contributed by atoms with E-state index in [1.165, 1.54) is 13.8 Å². The molecule has 2 aromatic rings. The third-order valence-electron chi connectivity index (χ3n) is 4.09. The molecular weight excluding hydrogens is 356 g/mol. The number of fused-ring (bicyclic) bond motifs is 1. The lowest BCUT2D eigenvalue weighted by Crippen LogP contribution is -2.46. The maximum atomic E-state index is 12.2. The first kappa shape index (κ1) is 20.2. The maximum Gasteiger partial charge on any atom is 0.249 e. The van der Waals surface area contributed by atoms with Crippen molar-refractivity contribution < 1.29 is 23.4 Å². The average Bonchev–Trinajstić information content (AvgIpc) is 2.60. The standard InChI is InChI=1S/C18H24N2O5S/c1-18(2,12-21)16(22)17(23)19-9-10-26(24,25)20-15-8-7-13-5-3-4-6-14(13)11-15/h3-8,11,16,20-22H,9-10,12H2,1-2H3,(H,19,23)/t16-/m1/s1. The Morgan fingerprint density at radius 1 is 1.15 bits per heavy atom. The Morgan fingerprint density at radius 2 is 1.81 bits per heavy atom. The summed E-state index contributed by atoms with van der Waals surface area (Å²) in [5, 5.41) is 23.3. The minimum absolute atomic E-state index is 0.152. The van der Waals surface area contributed by atoms with Crippen LogP contribution in [0.15, 0.2) is 42.5 Å². The molecule has 0 heterocycles. The number of carbonyl (C=O) groups is 1. The van der Waals surface area contributed by atoms with Gasteiger partial charge in [0.1, 0.15) is 6.10 Å². The van der Waals surface area contributed by atoms with Gasteiger partial charge in [0.15, 0.2) is 0 Å². The van der Waals surface area contributed by atoms with E-state index in [1.807, 2.05) is 30.3 Å². The number of amides is 1. The highest BCUT2D eigenvalue weighted by Crippen LogP contribution is 2.20. The number of aliphatic hydroxyl groups is 2. The Hall–Kier alpha value is -2.16. The SMILES string of the molecule is CC(C)(CO)[C@H](O)C(=O)NCCS(=O)(=O)Nc1ccc2ccccc2c1. The highest BCUT2D eigenvalue weighted by molar-refractivity contribution is 7.92. The van der Waals surface area contributed by atoms with Crippen molar-refractivity contribution in [2.45, 2.75) is 20.0 Å². The van der Waals surface area contributed by atoms with E-state index in [-0.39, 0.29) is 18.9 Å². The molecule has 0 saturated carbocycles. The molecule has 1 amide bonds. The number of aliphatic hydroxyl groups excluding tert-OH is 2. The Morgan fingerprint density at radius 3 is 2.46 bits per heavy atom. The summed E-state index contributed by atoms with van der Waals surface area (Å²) in [6, 6.07) is 12.8. The molecule has 2 aromatic carbocycles. The summed E-state index contributed by atoms with van der Waals surface area (Å²) in [6.07, 6.45) is -1.43. The van der Waals surface area contributed by atoms with E-state index in [1.54, 1.807) is 12.1 Å². The number of carbonyl (C=O) groups excluding carboxylic acids is 1. The Kier molecular flexibility index (Phi) is 6.22. The van der Waals surface area contributed by atoms with Crippen LogP contribution >= 0.6 is 0 Å². The van der Waals surface area contributed by atoms with Gasteiger partial charge < -0.3 is 15.5 Å².